The van der Waals surface area contributed by atoms with Crippen LogP contribution in [0.3, 0.4) is 0 Å². The predicted octanol–water partition coefficient (Wildman–Crippen LogP) is 2.64. The van der Waals surface area contributed by atoms with Crippen LogP contribution in [0.4, 0.5) is 4.39 Å². The first-order valence-corrected chi connectivity index (χ1v) is 5.35. The van der Waals surface area contributed by atoms with Gasteiger partial charge >= 0.3 is 0 Å². The summed E-state index contributed by atoms with van der Waals surface area (Å²) >= 11 is 0. The van der Waals surface area contributed by atoms with Crippen LogP contribution in [0.2, 0.25) is 0 Å². The molecule has 0 heterocycles. The Kier molecular flexibility index (Phi) is 2.65. The molecule has 1 fully saturated rings. The minimum Gasteiger partial charge on any atom is -0.505 e. The van der Waals surface area contributed by atoms with Gasteiger partial charge in [0.1, 0.15) is 0 Å². The largest absolute Gasteiger partial charge is 0.505 e. The standard InChI is InChI=1S/C12H16FNO/c1-7-5-6-9(12(15)10(7)13)11(14)8-3-2-4-8/h5-6,8,11,15H,2-4,14H2,1H3/t11-/m1/s1. The molecule has 0 aromatic heterocycles. The summed E-state index contributed by atoms with van der Waals surface area (Å²) in [6, 6.07) is 3.17. The van der Waals surface area contributed by atoms with Gasteiger partial charge in [0, 0.05) is 11.6 Å². The average Bonchev–Trinajstić information content (AvgIpc) is 2.11. The number of aryl methyl sites for hydroxylation is 1. The molecule has 1 aliphatic rings. The van der Waals surface area contributed by atoms with E-state index in [0.29, 0.717) is 17.0 Å². The molecule has 3 heteroatoms. The van der Waals surface area contributed by atoms with Crippen molar-refractivity contribution in [1.29, 1.82) is 0 Å². The number of aromatic hydroxyl groups is 1. The van der Waals surface area contributed by atoms with E-state index in [1.807, 2.05) is 0 Å². The third-order valence-electron chi connectivity index (χ3n) is 3.36. The lowest BCUT2D eigenvalue weighted by Crippen LogP contribution is -2.27. The van der Waals surface area contributed by atoms with Crippen molar-refractivity contribution >= 4 is 0 Å². The van der Waals surface area contributed by atoms with Crippen LogP contribution in [0.1, 0.15) is 36.4 Å². The maximum Gasteiger partial charge on any atom is 0.168 e. The fourth-order valence-corrected chi connectivity index (χ4v) is 2.00. The molecule has 82 valence electrons. The third-order valence-corrected chi connectivity index (χ3v) is 3.36. The Balaban J connectivity index is 2.31. The Morgan fingerprint density at radius 1 is 1.47 bits per heavy atom. The van der Waals surface area contributed by atoms with Gasteiger partial charge in [-0.15, -0.1) is 0 Å². The number of hydrogen-bond acceptors (Lipinski definition) is 2. The van der Waals surface area contributed by atoms with Crippen molar-refractivity contribution in [1.82, 2.24) is 0 Å². The van der Waals surface area contributed by atoms with Crippen molar-refractivity contribution in [3.8, 4) is 5.75 Å². The lowest BCUT2D eigenvalue weighted by molar-refractivity contribution is 0.259. The zero-order valence-corrected chi connectivity index (χ0v) is 8.83. The summed E-state index contributed by atoms with van der Waals surface area (Å²) in [6.45, 7) is 1.63. The molecule has 15 heavy (non-hydrogen) atoms. The summed E-state index contributed by atoms with van der Waals surface area (Å²) in [4.78, 5) is 0. The van der Waals surface area contributed by atoms with E-state index in [1.165, 1.54) is 6.42 Å². The van der Waals surface area contributed by atoms with Gasteiger partial charge in [0.25, 0.3) is 0 Å². The fourth-order valence-electron chi connectivity index (χ4n) is 2.00. The zero-order valence-electron chi connectivity index (χ0n) is 8.83. The van der Waals surface area contributed by atoms with E-state index < -0.39 is 5.82 Å². The van der Waals surface area contributed by atoms with Crippen molar-refractivity contribution in [3.63, 3.8) is 0 Å². The first-order valence-electron chi connectivity index (χ1n) is 5.35. The van der Waals surface area contributed by atoms with Gasteiger partial charge in [-0.1, -0.05) is 18.6 Å². The molecule has 0 spiro atoms. The van der Waals surface area contributed by atoms with Gasteiger partial charge in [0.05, 0.1) is 0 Å². The second kappa shape index (κ2) is 3.81. The van der Waals surface area contributed by atoms with Crippen molar-refractivity contribution < 1.29 is 9.50 Å². The molecule has 2 nitrogen and oxygen atoms in total. The van der Waals surface area contributed by atoms with E-state index in [2.05, 4.69) is 0 Å². The molecule has 1 aromatic rings. The molecule has 2 rings (SSSR count). The van der Waals surface area contributed by atoms with Crippen LogP contribution in [0.15, 0.2) is 12.1 Å². The summed E-state index contributed by atoms with van der Waals surface area (Å²) in [5, 5.41) is 9.66. The topological polar surface area (TPSA) is 46.2 Å². The van der Waals surface area contributed by atoms with Crippen LogP contribution in [-0.4, -0.2) is 5.11 Å². The van der Waals surface area contributed by atoms with Gasteiger partial charge in [-0.3, -0.25) is 0 Å². The summed E-state index contributed by atoms with van der Waals surface area (Å²) in [6.07, 6.45) is 3.35. The smallest absolute Gasteiger partial charge is 0.168 e. The highest BCUT2D eigenvalue weighted by molar-refractivity contribution is 5.40. The van der Waals surface area contributed by atoms with E-state index in [4.69, 9.17) is 5.73 Å². The molecular weight excluding hydrogens is 193 g/mol. The van der Waals surface area contributed by atoms with Gasteiger partial charge in [0.2, 0.25) is 0 Å². The first-order chi connectivity index (χ1) is 7.11. The predicted molar refractivity (Wildman–Crippen MR) is 57.1 cm³/mol. The maximum absolute atomic E-state index is 13.4. The SMILES string of the molecule is Cc1ccc([C@H](N)C2CCC2)c(O)c1F. The molecular formula is C12H16FNO. The molecule has 1 aromatic carbocycles. The molecule has 0 saturated heterocycles. The minimum atomic E-state index is -0.540. The number of halogens is 1. The average molecular weight is 209 g/mol. The number of nitrogens with two attached hydrogens (primary N) is 1. The number of hydrogen-bond donors (Lipinski definition) is 2. The Hall–Kier alpha value is -1.09. The van der Waals surface area contributed by atoms with Crippen LogP contribution in [0.5, 0.6) is 5.75 Å². The Bertz CT molecular complexity index is 374. The molecule has 1 atom stereocenters. The molecule has 0 aliphatic heterocycles. The van der Waals surface area contributed by atoms with Crippen molar-refractivity contribution in [2.45, 2.75) is 32.2 Å². The third kappa shape index (κ3) is 1.72. The van der Waals surface area contributed by atoms with Crippen LogP contribution >= 0.6 is 0 Å². The maximum atomic E-state index is 13.4. The van der Waals surface area contributed by atoms with Gasteiger partial charge in [0.15, 0.2) is 11.6 Å². The normalized spacial score (nSPS) is 18.6. The van der Waals surface area contributed by atoms with Gasteiger partial charge < -0.3 is 10.8 Å². The van der Waals surface area contributed by atoms with E-state index in [1.54, 1.807) is 19.1 Å². The highest BCUT2D eigenvalue weighted by Gasteiger charge is 2.28. The Labute approximate surface area is 88.9 Å². The highest BCUT2D eigenvalue weighted by atomic mass is 19.1. The van der Waals surface area contributed by atoms with Crippen LogP contribution < -0.4 is 5.73 Å². The van der Waals surface area contributed by atoms with Crippen molar-refractivity contribution in [3.05, 3.63) is 29.1 Å². The van der Waals surface area contributed by atoms with Crippen LogP contribution in [0.25, 0.3) is 0 Å². The van der Waals surface area contributed by atoms with Crippen molar-refractivity contribution in [2.75, 3.05) is 0 Å². The first kappa shape index (κ1) is 10.4. The molecule has 1 aliphatic carbocycles. The number of benzene rings is 1. The Morgan fingerprint density at radius 3 is 2.67 bits per heavy atom. The number of phenols is 1. The zero-order chi connectivity index (χ0) is 11.0. The fraction of sp³-hybridized carbons (Fsp3) is 0.500. The van der Waals surface area contributed by atoms with E-state index in [9.17, 15) is 9.50 Å². The molecule has 0 amide bonds. The lowest BCUT2D eigenvalue weighted by Gasteiger charge is -2.31. The van der Waals surface area contributed by atoms with Gasteiger partial charge in [-0.25, -0.2) is 4.39 Å². The summed E-state index contributed by atoms with van der Waals surface area (Å²) in [5.74, 6) is -0.408. The number of rotatable bonds is 2. The van der Waals surface area contributed by atoms with E-state index in [0.717, 1.165) is 12.8 Å². The molecule has 0 bridgehead atoms. The van der Waals surface area contributed by atoms with E-state index >= 15 is 0 Å². The highest BCUT2D eigenvalue weighted by Crippen LogP contribution is 2.39. The lowest BCUT2D eigenvalue weighted by atomic mass is 9.77. The second-order valence-electron chi connectivity index (χ2n) is 4.35. The summed E-state index contributed by atoms with van der Waals surface area (Å²) in [7, 11) is 0. The number of phenolic OH excluding ortho intramolecular Hbond substituents is 1. The second-order valence-corrected chi connectivity index (χ2v) is 4.35. The Morgan fingerprint density at radius 2 is 2.13 bits per heavy atom. The molecule has 0 unspecified atom stereocenters. The van der Waals surface area contributed by atoms with E-state index in [-0.39, 0.29) is 11.8 Å². The molecule has 0 radical (unpaired) electrons. The van der Waals surface area contributed by atoms with Gasteiger partial charge in [-0.05, 0) is 31.2 Å². The quantitative estimate of drug-likeness (QED) is 0.786. The monoisotopic (exact) mass is 209 g/mol. The van der Waals surface area contributed by atoms with Crippen LogP contribution in [-0.2, 0) is 0 Å². The van der Waals surface area contributed by atoms with Gasteiger partial charge in [-0.2, -0.15) is 0 Å². The summed E-state index contributed by atoms with van der Waals surface area (Å²) < 4.78 is 13.4. The minimum absolute atomic E-state index is 0.228. The summed E-state index contributed by atoms with van der Waals surface area (Å²) in [5.41, 5.74) is 6.99. The van der Waals surface area contributed by atoms with Crippen LogP contribution in [0, 0.1) is 18.7 Å². The molecule has 1 saturated carbocycles. The van der Waals surface area contributed by atoms with Crippen molar-refractivity contribution in [2.24, 2.45) is 11.7 Å². The molecule has 3 N–H and O–H groups in total.